The number of piperidine rings is 1. The number of hydrogen-bond acceptors (Lipinski definition) is 7. The molecular weight excluding hydrogens is 420 g/mol. The first-order valence-electron chi connectivity index (χ1n) is 10.4. The standard InChI is InChI=1S/C19H25F2N7S.C2H6/c1-12(27-29-2)13-4-3-7-28(10-13)18-8-15(24-11-25-18)16-9-23-17(26-16)6-5-14(22)19(20)21;1-2/h5-6,8-9,11-13,19,22,27H,3-4,7,10H2,1-2H3,(H,23,26);1-2H3/b6-5-,22-14?;. The molecule has 31 heavy (non-hydrogen) atoms. The van der Waals surface area contributed by atoms with Gasteiger partial charge in [0.1, 0.15) is 18.0 Å². The Hall–Kier alpha value is -2.33. The Balaban J connectivity index is 0.00000166. The van der Waals surface area contributed by atoms with E-state index in [1.54, 1.807) is 18.1 Å². The Morgan fingerprint density at radius 1 is 1.35 bits per heavy atom. The molecule has 7 nitrogen and oxygen atoms in total. The van der Waals surface area contributed by atoms with Crippen molar-refractivity contribution in [1.82, 2.24) is 24.7 Å². The van der Waals surface area contributed by atoms with Gasteiger partial charge in [0.15, 0.2) is 0 Å². The second kappa shape index (κ2) is 12.5. The van der Waals surface area contributed by atoms with Crippen LogP contribution in [0.3, 0.4) is 0 Å². The number of nitrogens with one attached hydrogen (secondary N) is 3. The molecule has 0 aromatic carbocycles. The number of allylic oxidation sites excluding steroid dienone is 1. The first-order chi connectivity index (χ1) is 15.0. The van der Waals surface area contributed by atoms with E-state index in [2.05, 4.69) is 36.5 Å². The van der Waals surface area contributed by atoms with Crippen molar-refractivity contribution in [2.75, 3.05) is 24.2 Å². The van der Waals surface area contributed by atoms with Crippen LogP contribution in [0.4, 0.5) is 14.6 Å². The molecule has 170 valence electrons. The Morgan fingerprint density at radius 3 is 2.84 bits per heavy atom. The van der Waals surface area contributed by atoms with Gasteiger partial charge in [-0.2, -0.15) is 0 Å². The van der Waals surface area contributed by atoms with Gasteiger partial charge in [-0.25, -0.2) is 23.7 Å². The number of anilines is 1. The van der Waals surface area contributed by atoms with Crippen molar-refractivity contribution in [3.8, 4) is 11.4 Å². The molecule has 0 saturated carbocycles. The van der Waals surface area contributed by atoms with Crippen LogP contribution in [-0.2, 0) is 0 Å². The third-order valence-corrected chi connectivity index (χ3v) is 5.58. The highest BCUT2D eigenvalue weighted by atomic mass is 32.2. The monoisotopic (exact) mass is 451 g/mol. The Bertz CT molecular complexity index is 856. The van der Waals surface area contributed by atoms with Gasteiger partial charge in [-0.15, -0.1) is 0 Å². The smallest absolute Gasteiger partial charge is 0.279 e. The fraction of sp³-hybridized carbons (Fsp3) is 0.524. The first kappa shape index (κ1) is 24.9. The number of aromatic amines is 1. The van der Waals surface area contributed by atoms with Gasteiger partial charge in [0.05, 0.1) is 23.3 Å². The molecule has 3 rings (SSSR count). The van der Waals surface area contributed by atoms with Gasteiger partial charge in [0.2, 0.25) is 0 Å². The number of halogens is 2. The number of hydrogen-bond donors (Lipinski definition) is 3. The highest BCUT2D eigenvalue weighted by Crippen LogP contribution is 2.26. The second-order valence-electron chi connectivity index (χ2n) is 6.99. The van der Waals surface area contributed by atoms with Gasteiger partial charge in [-0.3, -0.25) is 10.1 Å². The summed E-state index contributed by atoms with van der Waals surface area (Å²) in [6.45, 7) is 8.09. The quantitative estimate of drug-likeness (QED) is 0.399. The van der Waals surface area contributed by atoms with E-state index in [1.165, 1.54) is 18.8 Å². The van der Waals surface area contributed by atoms with Crippen LogP contribution < -0.4 is 9.62 Å². The maximum Gasteiger partial charge on any atom is 0.279 e. The lowest BCUT2D eigenvalue weighted by molar-refractivity contribution is 0.226. The number of rotatable bonds is 8. The first-order valence-corrected chi connectivity index (χ1v) is 11.7. The minimum Gasteiger partial charge on any atom is -0.356 e. The number of imidazole rings is 1. The van der Waals surface area contributed by atoms with Crippen LogP contribution in [0.5, 0.6) is 0 Å². The van der Waals surface area contributed by atoms with E-state index in [4.69, 9.17) is 5.41 Å². The van der Waals surface area contributed by atoms with Gasteiger partial charge in [-0.05, 0) is 44.1 Å². The molecule has 1 fully saturated rings. The molecule has 0 spiro atoms. The van der Waals surface area contributed by atoms with Crippen molar-refractivity contribution in [2.45, 2.75) is 46.1 Å². The fourth-order valence-electron chi connectivity index (χ4n) is 3.37. The molecule has 0 aliphatic carbocycles. The highest BCUT2D eigenvalue weighted by Gasteiger charge is 2.25. The normalized spacial score (nSPS) is 17.5. The van der Waals surface area contributed by atoms with Crippen LogP contribution >= 0.6 is 11.9 Å². The lowest BCUT2D eigenvalue weighted by atomic mass is 9.92. The zero-order valence-electron chi connectivity index (χ0n) is 18.4. The summed E-state index contributed by atoms with van der Waals surface area (Å²) < 4.78 is 28.2. The summed E-state index contributed by atoms with van der Waals surface area (Å²) in [5.41, 5.74) is 0.600. The minimum absolute atomic E-state index is 0.389. The molecule has 3 heterocycles. The summed E-state index contributed by atoms with van der Waals surface area (Å²) in [6.07, 6.45) is 7.06. The maximum atomic E-state index is 12.4. The second-order valence-corrected chi connectivity index (χ2v) is 7.64. The summed E-state index contributed by atoms with van der Waals surface area (Å²) in [4.78, 5) is 18.2. The van der Waals surface area contributed by atoms with E-state index in [0.717, 1.165) is 31.4 Å². The average Bonchev–Trinajstić information content (AvgIpc) is 3.28. The minimum atomic E-state index is -2.80. The lowest BCUT2D eigenvalue weighted by Gasteiger charge is -2.36. The van der Waals surface area contributed by atoms with Crippen LogP contribution in [0.15, 0.2) is 24.7 Å². The predicted octanol–water partition coefficient (Wildman–Crippen LogP) is 4.66. The van der Waals surface area contributed by atoms with Gasteiger partial charge in [0.25, 0.3) is 6.43 Å². The zero-order valence-corrected chi connectivity index (χ0v) is 19.2. The van der Waals surface area contributed by atoms with E-state index in [-0.39, 0.29) is 0 Å². The summed E-state index contributed by atoms with van der Waals surface area (Å²) in [5.74, 6) is 1.80. The van der Waals surface area contributed by atoms with E-state index < -0.39 is 12.1 Å². The number of H-pyrrole nitrogens is 1. The fourth-order valence-corrected chi connectivity index (χ4v) is 3.93. The number of nitrogens with zero attached hydrogens (tertiary/aromatic N) is 4. The van der Waals surface area contributed by atoms with Gasteiger partial charge in [-0.1, -0.05) is 25.8 Å². The van der Waals surface area contributed by atoms with Crippen LogP contribution in [0.1, 0.15) is 39.4 Å². The molecule has 2 aromatic rings. The number of alkyl halides is 2. The van der Waals surface area contributed by atoms with Crippen LogP contribution in [-0.4, -0.2) is 57.5 Å². The third kappa shape index (κ3) is 7.10. The summed E-state index contributed by atoms with van der Waals surface area (Å²) >= 11 is 1.64. The van der Waals surface area contributed by atoms with Crippen LogP contribution in [0.2, 0.25) is 0 Å². The zero-order chi connectivity index (χ0) is 22.8. The molecule has 2 unspecified atom stereocenters. The van der Waals surface area contributed by atoms with Crippen LogP contribution in [0.25, 0.3) is 17.5 Å². The number of aromatic nitrogens is 4. The third-order valence-electron chi connectivity index (χ3n) is 4.97. The SMILES string of the molecule is CC.CSNC(C)C1CCCN(c2cc(-c3cnc(/C=C\C(=N)C(F)F)[nH]3)ncn2)C1. The van der Waals surface area contributed by atoms with Gasteiger partial charge >= 0.3 is 0 Å². The van der Waals surface area contributed by atoms with Crippen molar-refractivity contribution >= 4 is 29.6 Å². The van der Waals surface area contributed by atoms with E-state index in [9.17, 15) is 8.78 Å². The summed E-state index contributed by atoms with van der Waals surface area (Å²) in [6, 6.07) is 2.33. The van der Waals surface area contributed by atoms with E-state index in [1.807, 2.05) is 26.2 Å². The van der Waals surface area contributed by atoms with Gasteiger partial charge < -0.3 is 9.88 Å². The molecule has 1 aliphatic heterocycles. The highest BCUT2D eigenvalue weighted by molar-refractivity contribution is 7.96. The largest absolute Gasteiger partial charge is 0.356 e. The van der Waals surface area contributed by atoms with Crippen molar-refractivity contribution in [3.05, 3.63) is 30.5 Å². The Labute approximate surface area is 186 Å². The molecule has 10 heteroatoms. The van der Waals surface area contributed by atoms with Crippen LogP contribution in [0, 0.1) is 11.3 Å². The molecule has 0 amide bonds. The molecular formula is C21H31F2N7S. The molecule has 3 N–H and O–H groups in total. The van der Waals surface area contributed by atoms with Crippen molar-refractivity contribution in [1.29, 1.82) is 5.41 Å². The molecule has 0 radical (unpaired) electrons. The van der Waals surface area contributed by atoms with Gasteiger partial charge in [0, 0.05) is 25.2 Å². The molecule has 2 atom stereocenters. The summed E-state index contributed by atoms with van der Waals surface area (Å²) in [7, 11) is 0. The maximum absolute atomic E-state index is 12.4. The van der Waals surface area contributed by atoms with E-state index >= 15 is 0 Å². The molecule has 1 saturated heterocycles. The lowest BCUT2D eigenvalue weighted by Crippen LogP contribution is -2.43. The van der Waals surface area contributed by atoms with Crippen molar-refractivity contribution in [3.63, 3.8) is 0 Å². The topological polar surface area (TPSA) is 93.6 Å². The predicted molar refractivity (Wildman–Crippen MR) is 125 cm³/mol. The Morgan fingerprint density at radius 2 is 2.13 bits per heavy atom. The average molecular weight is 452 g/mol. The Kier molecular flexibility index (Phi) is 10.1. The van der Waals surface area contributed by atoms with Crippen molar-refractivity contribution < 1.29 is 8.78 Å². The van der Waals surface area contributed by atoms with Crippen molar-refractivity contribution in [2.24, 2.45) is 5.92 Å². The molecule has 0 bridgehead atoms. The summed E-state index contributed by atoms with van der Waals surface area (Å²) in [5, 5.41) is 7.17. The van der Waals surface area contributed by atoms with E-state index in [0.29, 0.717) is 29.2 Å². The molecule has 1 aliphatic rings. The molecule has 2 aromatic heterocycles.